The number of rotatable bonds is 7. The standard InChI is InChI=1S/C46H67ClOSi/c1-15-24-48-40-34(47)25-29(42(4,5)6)26-35(40)49(16-2,17-3)41-33-28-44(9,10)20-18-30(33)36-37(41)32-27-43(7,8)21-19-31(32)38-39(36)46(13,14)23-22-45(38,11)12/h15,22-23,25-26,32,37,41H,1,16-21,24,27-28H2,2-14H3. The van der Waals surface area contributed by atoms with Gasteiger partial charge in [-0.3, -0.25) is 0 Å². The zero-order chi connectivity index (χ0) is 36.1. The molecule has 5 aliphatic carbocycles. The summed E-state index contributed by atoms with van der Waals surface area (Å²) in [6.45, 7) is 36.8. The first-order valence-corrected chi connectivity index (χ1v) is 22.5. The zero-order valence-electron chi connectivity index (χ0n) is 33.5. The fourth-order valence-corrected chi connectivity index (χ4v) is 17.3. The first-order chi connectivity index (χ1) is 22.6. The van der Waals surface area contributed by atoms with Gasteiger partial charge in [0, 0.05) is 10.8 Å². The van der Waals surface area contributed by atoms with Gasteiger partial charge in [0.25, 0.3) is 0 Å². The predicted molar refractivity (Wildman–Crippen MR) is 216 cm³/mol. The summed E-state index contributed by atoms with van der Waals surface area (Å²) in [5, 5.41) is 2.25. The van der Waals surface area contributed by atoms with Crippen molar-refractivity contribution in [3.63, 3.8) is 0 Å². The summed E-state index contributed by atoms with van der Waals surface area (Å²) in [5.74, 6) is 2.06. The summed E-state index contributed by atoms with van der Waals surface area (Å²) in [6, 6.07) is 7.15. The lowest BCUT2D eigenvalue weighted by Crippen LogP contribution is -2.55. The molecule has 1 fully saturated rings. The molecule has 1 aromatic rings. The van der Waals surface area contributed by atoms with Crippen molar-refractivity contribution >= 4 is 24.9 Å². The number of ether oxygens (including phenoxy) is 1. The van der Waals surface area contributed by atoms with E-state index in [9.17, 15) is 0 Å². The average Bonchev–Trinajstić information content (AvgIpc) is 3.32. The normalized spacial score (nSPS) is 28.2. The third kappa shape index (κ3) is 5.95. The summed E-state index contributed by atoms with van der Waals surface area (Å²) in [7, 11) is -2.34. The minimum Gasteiger partial charge on any atom is -0.488 e. The second-order valence-electron chi connectivity index (χ2n) is 20.3. The molecule has 0 amide bonds. The summed E-state index contributed by atoms with van der Waals surface area (Å²) < 4.78 is 6.69. The molecule has 0 heterocycles. The van der Waals surface area contributed by atoms with E-state index < -0.39 is 8.07 Å². The molecule has 49 heavy (non-hydrogen) atoms. The van der Waals surface area contributed by atoms with Crippen LogP contribution in [0.5, 0.6) is 5.75 Å². The van der Waals surface area contributed by atoms with Gasteiger partial charge in [0.1, 0.15) is 12.4 Å². The van der Waals surface area contributed by atoms with Crippen LogP contribution in [0.15, 0.2) is 70.4 Å². The van der Waals surface area contributed by atoms with Crippen LogP contribution in [0.3, 0.4) is 0 Å². The van der Waals surface area contributed by atoms with Crippen molar-refractivity contribution in [1.82, 2.24) is 0 Å². The molecule has 1 saturated carbocycles. The molecule has 6 rings (SSSR count). The van der Waals surface area contributed by atoms with Crippen molar-refractivity contribution in [3.8, 4) is 5.75 Å². The lowest BCUT2D eigenvalue weighted by molar-refractivity contribution is 0.185. The molecule has 0 aliphatic heterocycles. The Balaban J connectivity index is 1.74. The molecule has 0 aromatic heterocycles. The van der Waals surface area contributed by atoms with Crippen LogP contribution in [0.1, 0.15) is 134 Å². The van der Waals surface area contributed by atoms with E-state index in [-0.39, 0.29) is 16.2 Å². The highest BCUT2D eigenvalue weighted by molar-refractivity contribution is 6.94. The van der Waals surface area contributed by atoms with E-state index in [4.69, 9.17) is 16.3 Å². The SMILES string of the molecule is C=CCOc1c(Cl)cc(C(C)(C)C)cc1[Si](CC)(CC)C1C2=C(CCC(C)(C)C2)C2=C3C(=C4CCC(C)(C)CC4C21)C(C)(C)C=CC3(C)C. The van der Waals surface area contributed by atoms with Gasteiger partial charge in [0.05, 0.1) is 13.1 Å². The highest BCUT2D eigenvalue weighted by Crippen LogP contribution is 2.70. The molecule has 0 bridgehead atoms. The van der Waals surface area contributed by atoms with Gasteiger partial charge in [-0.25, -0.2) is 0 Å². The van der Waals surface area contributed by atoms with E-state index in [0.29, 0.717) is 34.8 Å². The quantitative estimate of drug-likeness (QED) is 0.203. The molecule has 1 aromatic carbocycles. The summed E-state index contributed by atoms with van der Waals surface area (Å²) in [5.41, 5.74) is 13.2. The monoisotopic (exact) mass is 698 g/mol. The van der Waals surface area contributed by atoms with Gasteiger partial charge in [-0.2, -0.15) is 0 Å². The number of halogens is 1. The Morgan fingerprint density at radius 1 is 0.878 bits per heavy atom. The Hall–Kier alpha value is -1.77. The fraction of sp³-hybridized carbons (Fsp3) is 0.652. The lowest BCUT2D eigenvalue weighted by atomic mass is 9.52. The van der Waals surface area contributed by atoms with Crippen LogP contribution in [-0.4, -0.2) is 14.7 Å². The Labute approximate surface area is 306 Å². The largest absolute Gasteiger partial charge is 0.488 e. The van der Waals surface area contributed by atoms with Gasteiger partial charge in [-0.05, 0) is 111 Å². The predicted octanol–water partition coefficient (Wildman–Crippen LogP) is 13.5. The molecular weight excluding hydrogens is 632 g/mol. The van der Waals surface area contributed by atoms with Gasteiger partial charge in [0.2, 0.25) is 0 Å². The first-order valence-electron chi connectivity index (χ1n) is 19.6. The van der Waals surface area contributed by atoms with Crippen molar-refractivity contribution in [3.05, 3.63) is 81.0 Å². The maximum absolute atomic E-state index is 7.36. The highest BCUT2D eigenvalue weighted by Gasteiger charge is 2.61. The fourth-order valence-electron chi connectivity index (χ4n) is 11.3. The van der Waals surface area contributed by atoms with Gasteiger partial charge in [0.15, 0.2) is 0 Å². The minimum atomic E-state index is -2.34. The van der Waals surface area contributed by atoms with Gasteiger partial charge < -0.3 is 4.74 Å². The molecule has 3 heteroatoms. The maximum Gasteiger partial charge on any atom is 0.137 e. The van der Waals surface area contributed by atoms with E-state index in [0.717, 1.165) is 10.8 Å². The lowest BCUT2D eigenvalue weighted by Gasteiger charge is -2.54. The number of fused-ring (bicyclic) bond motifs is 5. The smallest absolute Gasteiger partial charge is 0.137 e. The Morgan fingerprint density at radius 2 is 1.49 bits per heavy atom. The van der Waals surface area contributed by atoms with Crippen molar-refractivity contribution in [1.29, 1.82) is 0 Å². The minimum absolute atomic E-state index is 0.00979. The van der Waals surface area contributed by atoms with Crippen LogP contribution in [0.4, 0.5) is 0 Å². The van der Waals surface area contributed by atoms with Crippen LogP contribution < -0.4 is 9.92 Å². The molecule has 268 valence electrons. The van der Waals surface area contributed by atoms with E-state index in [1.54, 1.807) is 22.3 Å². The Bertz CT molecular complexity index is 1660. The van der Waals surface area contributed by atoms with Crippen LogP contribution in [0.2, 0.25) is 22.7 Å². The third-order valence-corrected chi connectivity index (χ3v) is 20.1. The van der Waals surface area contributed by atoms with Gasteiger partial charge in [-0.1, -0.05) is 156 Å². The molecule has 0 saturated heterocycles. The molecule has 5 aliphatic rings. The van der Waals surface area contributed by atoms with Crippen LogP contribution in [0, 0.1) is 33.5 Å². The van der Waals surface area contributed by atoms with Crippen molar-refractivity contribution < 1.29 is 4.74 Å². The molecule has 0 spiro atoms. The number of benzene rings is 1. The van der Waals surface area contributed by atoms with E-state index in [1.165, 1.54) is 61.4 Å². The number of hydrogen-bond acceptors (Lipinski definition) is 1. The van der Waals surface area contributed by atoms with Gasteiger partial charge >= 0.3 is 0 Å². The second kappa shape index (κ2) is 12.1. The van der Waals surface area contributed by atoms with Crippen molar-refractivity contribution in [2.24, 2.45) is 33.5 Å². The van der Waals surface area contributed by atoms with E-state index in [1.807, 2.05) is 17.2 Å². The van der Waals surface area contributed by atoms with E-state index in [2.05, 4.69) is 121 Å². The van der Waals surface area contributed by atoms with Crippen LogP contribution in [0.25, 0.3) is 0 Å². The third-order valence-electron chi connectivity index (χ3n) is 13.9. The molecular formula is C46H67ClOSi. The molecule has 3 unspecified atom stereocenters. The molecule has 3 atom stereocenters. The second-order valence-corrected chi connectivity index (χ2v) is 25.6. The highest BCUT2D eigenvalue weighted by atomic mass is 35.5. The van der Waals surface area contributed by atoms with Crippen LogP contribution in [-0.2, 0) is 5.41 Å². The average molecular weight is 700 g/mol. The zero-order valence-corrected chi connectivity index (χ0v) is 35.2. The first kappa shape index (κ1) is 37.0. The van der Waals surface area contributed by atoms with Gasteiger partial charge in [-0.15, -0.1) is 0 Å². The summed E-state index contributed by atoms with van der Waals surface area (Å²) in [6.07, 6.45) is 14.5. The van der Waals surface area contributed by atoms with Crippen molar-refractivity contribution in [2.75, 3.05) is 6.61 Å². The maximum atomic E-state index is 7.36. The number of hydrogen-bond donors (Lipinski definition) is 0. The van der Waals surface area contributed by atoms with Crippen molar-refractivity contribution in [2.45, 2.75) is 152 Å². The number of allylic oxidation sites excluding steroid dienone is 8. The summed E-state index contributed by atoms with van der Waals surface area (Å²) in [4.78, 5) is 0. The Morgan fingerprint density at radius 3 is 2.08 bits per heavy atom. The summed E-state index contributed by atoms with van der Waals surface area (Å²) >= 11 is 7.36. The molecule has 0 N–H and O–H groups in total. The Kier molecular flexibility index (Phi) is 9.17. The molecule has 1 nitrogen and oxygen atoms in total. The van der Waals surface area contributed by atoms with E-state index >= 15 is 0 Å². The topological polar surface area (TPSA) is 9.23 Å². The molecule has 0 radical (unpaired) electrons. The van der Waals surface area contributed by atoms with Crippen LogP contribution >= 0.6 is 11.6 Å².